The van der Waals surface area contributed by atoms with Crippen molar-refractivity contribution in [2.24, 2.45) is 0 Å². The van der Waals surface area contributed by atoms with E-state index in [1.165, 1.54) is 0 Å². The molecule has 134 valence electrons. The summed E-state index contributed by atoms with van der Waals surface area (Å²) in [6.07, 6.45) is 4.46. The number of H-pyrrole nitrogens is 1. The van der Waals surface area contributed by atoms with Gasteiger partial charge in [0, 0.05) is 19.1 Å². The fourth-order valence-corrected chi connectivity index (χ4v) is 3.82. The molecule has 25 heavy (non-hydrogen) atoms. The van der Waals surface area contributed by atoms with Crippen molar-refractivity contribution in [2.75, 3.05) is 32.8 Å². The predicted molar refractivity (Wildman–Crippen MR) is 96.5 cm³/mol. The normalized spacial score (nSPS) is 22.5. The molecule has 2 aromatic rings. The van der Waals surface area contributed by atoms with Crippen LogP contribution in [0.4, 0.5) is 0 Å². The number of nitrogens with one attached hydrogen (secondary N) is 2. The van der Waals surface area contributed by atoms with Gasteiger partial charge in [0.15, 0.2) is 0 Å². The standard InChI is InChI=1S/C19H26N4O2/c24-18(20-12-15-4-3-11-25-15)13-23-9-7-14(8-10-23)19-21-16-5-1-2-6-17(16)22-19/h1-2,5-6,14-15H,3-4,7-13H2,(H,20,24)(H,21,22). The predicted octanol–water partition coefficient (Wildman–Crippen LogP) is 2.04. The molecule has 2 aliphatic heterocycles. The topological polar surface area (TPSA) is 70.2 Å². The summed E-state index contributed by atoms with van der Waals surface area (Å²) in [7, 11) is 0. The monoisotopic (exact) mass is 342 g/mol. The molecule has 0 bridgehead atoms. The number of hydrogen-bond donors (Lipinski definition) is 2. The number of hydrogen-bond acceptors (Lipinski definition) is 4. The molecular formula is C19H26N4O2. The van der Waals surface area contributed by atoms with Gasteiger partial charge in [-0.3, -0.25) is 9.69 Å². The summed E-state index contributed by atoms with van der Waals surface area (Å²) in [5.41, 5.74) is 2.14. The second-order valence-electron chi connectivity index (χ2n) is 7.13. The second kappa shape index (κ2) is 7.54. The van der Waals surface area contributed by atoms with Crippen molar-refractivity contribution in [1.29, 1.82) is 0 Å². The number of nitrogens with zero attached hydrogens (tertiary/aromatic N) is 2. The fraction of sp³-hybridized carbons (Fsp3) is 0.579. The summed E-state index contributed by atoms with van der Waals surface area (Å²) in [5, 5.41) is 3.01. The average molecular weight is 342 g/mol. The van der Waals surface area contributed by atoms with Crippen molar-refractivity contribution < 1.29 is 9.53 Å². The van der Waals surface area contributed by atoms with Gasteiger partial charge in [0.05, 0.1) is 23.7 Å². The number of fused-ring (bicyclic) bond motifs is 1. The number of benzene rings is 1. The maximum atomic E-state index is 12.1. The maximum Gasteiger partial charge on any atom is 0.234 e. The molecule has 1 aromatic carbocycles. The number of carbonyl (C=O) groups is 1. The Balaban J connectivity index is 1.24. The maximum absolute atomic E-state index is 12.1. The van der Waals surface area contributed by atoms with E-state index in [0.29, 0.717) is 19.0 Å². The molecule has 1 atom stereocenters. The first-order valence-corrected chi connectivity index (χ1v) is 9.33. The van der Waals surface area contributed by atoms with E-state index < -0.39 is 0 Å². The van der Waals surface area contributed by atoms with Crippen LogP contribution in [0, 0.1) is 0 Å². The molecule has 2 N–H and O–H groups in total. The van der Waals surface area contributed by atoms with E-state index in [4.69, 9.17) is 9.72 Å². The number of imidazole rings is 1. The van der Waals surface area contributed by atoms with Crippen LogP contribution in [0.15, 0.2) is 24.3 Å². The molecule has 2 saturated heterocycles. The van der Waals surface area contributed by atoms with Gasteiger partial charge in [0.2, 0.25) is 5.91 Å². The van der Waals surface area contributed by atoms with E-state index in [-0.39, 0.29) is 12.0 Å². The van der Waals surface area contributed by atoms with Gasteiger partial charge in [-0.25, -0.2) is 4.98 Å². The molecule has 6 heteroatoms. The molecule has 1 unspecified atom stereocenters. The quantitative estimate of drug-likeness (QED) is 0.872. The number of piperidine rings is 1. The number of amides is 1. The van der Waals surface area contributed by atoms with Gasteiger partial charge in [-0.15, -0.1) is 0 Å². The van der Waals surface area contributed by atoms with E-state index in [1.54, 1.807) is 0 Å². The van der Waals surface area contributed by atoms with Crippen molar-refractivity contribution in [3.8, 4) is 0 Å². The third-order valence-corrected chi connectivity index (χ3v) is 5.30. The van der Waals surface area contributed by atoms with Gasteiger partial charge in [-0.2, -0.15) is 0 Å². The first-order valence-electron chi connectivity index (χ1n) is 9.33. The number of para-hydroxylation sites is 2. The van der Waals surface area contributed by atoms with Crippen molar-refractivity contribution in [1.82, 2.24) is 20.2 Å². The Morgan fingerprint density at radius 3 is 2.88 bits per heavy atom. The summed E-state index contributed by atoms with van der Waals surface area (Å²) in [6.45, 7) is 3.84. The van der Waals surface area contributed by atoms with E-state index in [9.17, 15) is 4.79 Å². The largest absolute Gasteiger partial charge is 0.376 e. The van der Waals surface area contributed by atoms with Gasteiger partial charge >= 0.3 is 0 Å². The van der Waals surface area contributed by atoms with Crippen molar-refractivity contribution in [2.45, 2.75) is 37.7 Å². The lowest BCUT2D eigenvalue weighted by Gasteiger charge is -2.30. The first-order chi connectivity index (χ1) is 12.3. The molecule has 0 radical (unpaired) electrons. The second-order valence-corrected chi connectivity index (χ2v) is 7.13. The third-order valence-electron chi connectivity index (χ3n) is 5.30. The van der Waals surface area contributed by atoms with Crippen LogP contribution < -0.4 is 5.32 Å². The Bertz CT molecular complexity index is 682. The van der Waals surface area contributed by atoms with Crippen LogP contribution in [0.25, 0.3) is 11.0 Å². The minimum Gasteiger partial charge on any atom is -0.376 e. The molecule has 6 nitrogen and oxygen atoms in total. The van der Waals surface area contributed by atoms with Crippen molar-refractivity contribution in [3.63, 3.8) is 0 Å². The van der Waals surface area contributed by atoms with Gasteiger partial charge in [-0.1, -0.05) is 12.1 Å². The summed E-state index contributed by atoms with van der Waals surface area (Å²) in [4.78, 5) is 22.5. The zero-order chi connectivity index (χ0) is 17.1. The SMILES string of the molecule is O=C(CN1CCC(c2nc3ccccc3[nH]2)CC1)NCC1CCCO1. The van der Waals surface area contributed by atoms with Crippen LogP contribution in [-0.2, 0) is 9.53 Å². The van der Waals surface area contributed by atoms with Gasteiger partial charge in [-0.05, 0) is 50.9 Å². The highest BCUT2D eigenvalue weighted by Gasteiger charge is 2.24. The molecule has 0 spiro atoms. The van der Waals surface area contributed by atoms with Crippen LogP contribution >= 0.6 is 0 Å². The summed E-state index contributed by atoms with van der Waals surface area (Å²) in [5.74, 6) is 1.65. The van der Waals surface area contributed by atoms with Gasteiger partial charge in [0.1, 0.15) is 5.82 Å². The number of likely N-dealkylation sites (tertiary alicyclic amines) is 1. The number of aromatic nitrogens is 2. The molecule has 2 fully saturated rings. The molecule has 3 heterocycles. The minimum absolute atomic E-state index is 0.109. The smallest absolute Gasteiger partial charge is 0.234 e. The number of carbonyl (C=O) groups excluding carboxylic acids is 1. The molecule has 0 aliphatic carbocycles. The highest BCUT2D eigenvalue weighted by Crippen LogP contribution is 2.27. The summed E-state index contributed by atoms with van der Waals surface area (Å²) < 4.78 is 5.54. The van der Waals surface area contributed by atoms with Crippen LogP contribution in [-0.4, -0.2) is 59.7 Å². The van der Waals surface area contributed by atoms with E-state index in [2.05, 4.69) is 21.3 Å². The lowest BCUT2D eigenvalue weighted by molar-refractivity contribution is -0.123. The Labute approximate surface area is 147 Å². The van der Waals surface area contributed by atoms with E-state index in [1.807, 2.05) is 18.2 Å². The Hall–Kier alpha value is -1.92. The average Bonchev–Trinajstić information content (AvgIpc) is 3.30. The van der Waals surface area contributed by atoms with Crippen LogP contribution in [0.5, 0.6) is 0 Å². The van der Waals surface area contributed by atoms with Gasteiger partial charge < -0.3 is 15.0 Å². The lowest BCUT2D eigenvalue weighted by Crippen LogP contribution is -2.43. The lowest BCUT2D eigenvalue weighted by atomic mass is 9.96. The number of rotatable bonds is 5. The zero-order valence-corrected chi connectivity index (χ0v) is 14.5. The molecular weight excluding hydrogens is 316 g/mol. The first kappa shape index (κ1) is 16.5. The van der Waals surface area contributed by atoms with E-state index in [0.717, 1.165) is 62.2 Å². The van der Waals surface area contributed by atoms with Crippen molar-refractivity contribution >= 4 is 16.9 Å². The Morgan fingerprint density at radius 1 is 1.28 bits per heavy atom. The highest BCUT2D eigenvalue weighted by atomic mass is 16.5. The zero-order valence-electron chi connectivity index (χ0n) is 14.5. The van der Waals surface area contributed by atoms with Crippen LogP contribution in [0.3, 0.4) is 0 Å². The van der Waals surface area contributed by atoms with Crippen molar-refractivity contribution in [3.05, 3.63) is 30.1 Å². The Morgan fingerprint density at radius 2 is 2.12 bits per heavy atom. The highest BCUT2D eigenvalue weighted by molar-refractivity contribution is 5.78. The minimum atomic E-state index is 0.109. The molecule has 1 amide bonds. The number of ether oxygens (including phenoxy) is 1. The molecule has 4 rings (SSSR count). The summed E-state index contributed by atoms with van der Waals surface area (Å²) >= 11 is 0. The summed E-state index contributed by atoms with van der Waals surface area (Å²) in [6, 6.07) is 8.16. The third kappa shape index (κ3) is 4.02. The van der Waals surface area contributed by atoms with E-state index >= 15 is 0 Å². The molecule has 1 aromatic heterocycles. The van der Waals surface area contributed by atoms with Gasteiger partial charge in [0.25, 0.3) is 0 Å². The van der Waals surface area contributed by atoms with Crippen LogP contribution in [0.2, 0.25) is 0 Å². The Kier molecular flexibility index (Phi) is 4.99. The number of aromatic amines is 1. The molecule has 0 saturated carbocycles. The molecule has 2 aliphatic rings. The fourth-order valence-electron chi connectivity index (χ4n) is 3.82. The van der Waals surface area contributed by atoms with Crippen LogP contribution in [0.1, 0.15) is 37.4 Å².